The molecule has 1 amide bonds. The standard InChI is InChI=1S/C23H20ClN3O4S/c1-3-10-31-23(29)20-14(2)26-22(17(12-25)21(20)18-5-4-11-30-18)32-13-19(28)27-16-8-6-15(24)7-9-16/h3-9,11,21,26H,1,10,13H2,2H3,(H,27,28). The van der Waals surface area contributed by atoms with E-state index in [1.807, 2.05) is 0 Å². The summed E-state index contributed by atoms with van der Waals surface area (Å²) in [5.74, 6) is -1.11. The van der Waals surface area contributed by atoms with Gasteiger partial charge in [0.1, 0.15) is 12.4 Å². The van der Waals surface area contributed by atoms with Crippen molar-refractivity contribution in [1.82, 2.24) is 5.32 Å². The molecule has 1 unspecified atom stereocenters. The van der Waals surface area contributed by atoms with Crippen LogP contribution >= 0.6 is 23.4 Å². The second-order valence-corrected chi connectivity index (χ2v) is 8.12. The highest BCUT2D eigenvalue weighted by Crippen LogP contribution is 2.41. The topological polar surface area (TPSA) is 104 Å². The summed E-state index contributed by atoms with van der Waals surface area (Å²) < 4.78 is 10.7. The van der Waals surface area contributed by atoms with Crippen molar-refractivity contribution in [2.24, 2.45) is 0 Å². The first kappa shape index (κ1) is 23.3. The summed E-state index contributed by atoms with van der Waals surface area (Å²) in [7, 11) is 0. The van der Waals surface area contributed by atoms with Gasteiger partial charge in [-0.05, 0) is 43.3 Å². The molecular weight excluding hydrogens is 450 g/mol. The molecule has 1 aromatic carbocycles. The van der Waals surface area contributed by atoms with E-state index in [2.05, 4.69) is 23.3 Å². The minimum atomic E-state index is -0.754. The lowest BCUT2D eigenvalue weighted by Crippen LogP contribution is -2.29. The van der Waals surface area contributed by atoms with Crippen LogP contribution in [0.25, 0.3) is 0 Å². The maximum Gasteiger partial charge on any atom is 0.337 e. The molecule has 1 aromatic heterocycles. The van der Waals surface area contributed by atoms with Crippen molar-refractivity contribution in [2.75, 3.05) is 17.7 Å². The number of halogens is 1. The third kappa shape index (κ3) is 5.44. The minimum absolute atomic E-state index is 0.0402. The molecule has 1 aliphatic rings. The highest BCUT2D eigenvalue weighted by Gasteiger charge is 2.37. The van der Waals surface area contributed by atoms with E-state index in [1.54, 1.807) is 43.3 Å². The molecule has 1 atom stereocenters. The summed E-state index contributed by atoms with van der Waals surface area (Å²) in [6.07, 6.45) is 2.94. The number of hydrogen-bond donors (Lipinski definition) is 2. The third-order valence-electron chi connectivity index (χ3n) is 4.50. The Kier molecular flexibility index (Phi) is 7.82. The average molecular weight is 470 g/mol. The molecule has 2 aromatic rings. The Bertz CT molecular complexity index is 1120. The highest BCUT2D eigenvalue weighted by atomic mass is 35.5. The van der Waals surface area contributed by atoms with Crippen molar-refractivity contribution < 1.29 is 18.7 Å². The lowest BCUT2D eigenvalue weighted by molar-refractivity contribution is -0.138. The quantitative estimate of drug-likeness (QED) is 0.425. The number of nitrogens with one attached hydrogen (secondary N) is 2. The lowest BCUT2D eigenvalue weighted by Gasteiger charge is -2.27. The maximum absolute atomic E-state index is 12.7. The van der Waals surface area contributed by atoms with Gasteiger partial charge >= 0.3 is 5.97 Å². The summed E-state index contributed by atoms with van der Waals surface area (Å²) in [6.45, 7) is 5.30. The van der Waals surface area contributed by atoms with Crippen molar-refractivity contribution in [3.63, 3.8) is 0 Å². The number of ether oxygens (including phenoxy) is 1. The first-order valence-corrected chi connectivity index (χ1v) is 10.9. The van der Waals surface area contributed by atoms with E-state index < -0.39 is 11.9 Å². The van der Waals surface area contributed by atoms with E-state index >= 15 is 0 Å². The largest absolute Gasteiger partial charge is 0.468 e. The summed E-state index contributed by atoms with van der Waals surface area (Å²) in [5, 5.41) is 16.8. The number of hydrogen-bond acceptors (Lipinski definition) is 7. The average Bonchev–Trinajstić information content (AvgIpc) is 3.31. The number of esters is 1. The van der Waals surface area contributed by atoms with Crippen LogP contribution in [0.15, 0.2) is 81.6 Å². The zero-order valence-corrected chi connectivity index (χ0v) is 18.8. The van der Waals surface area contributed by atoms with Crippen LogP contribution in [-0.4, -0.2) is 24.2 Å². The van der Waals surface area contributed by atoms with E-state index in [0.717, 1.165) is 11.8 Å². The first-order chi connectivity index (χ1) is 15.4. The molecule has 7 nitrogen and oxygen atoms in total. The van der Waals surface area contributed by atoms with Crippen LogP contribution < -0.4 is 10.6 Å². The lowest BCUT2D eigenvalue weighted by atomic mass is 9.86. The number of carbonyl (C=O) groups excluding carboxylic acids is 2. The maximum atomic E-state index is 12.7. The minimum Gasteiger partial charge on any atom is -0.468 e. The van der Waals surface area contributed by atoms with Crippen LogP contribution in [0, 0.1) is 11.3 Å². The zero-order chi connectivity index (χ0) is 23.1. The fourth-order valence-electron chi connectivity index (χ4n) is 3.12. The molecule has 0 radical (unpaired) electrons. The number of amides is 1. The monoisotopic (exact) mass is 469 g/mol. The molecule has 2 N–H and O–H groups in total. The summed E-state index contributed by atoms with van der Waals surface area (Å²) in [6, 6.07) is 12.3. The summed E-state index contributed by atoms with van der Waals surface area (Å²) >= 11 is 7.02. The molecule has 0 saturated carbocycles. The number of carbonyl (C=O) groups is 2. The number of anilines is 1. The number of rotatable bonds is 8. The second kappa shape index (κ2) is 10.8. The van der Waals surface area contributed by atoms with Crippen molar-refractivity contribution in [2.45, 2.75) is 12.8 Å². The summed E-state index contributed by atoms with van der Waals surface area (Å²) in [5.41, 5.74) is 1.66. The molecule has 0 aliphatic carbocycles. The van der Waals surface area contributed by atoms with Gasteiger partial charge in [0, 0.05) is 16.4 Å². The number of nitrogens with zero attached hydrogens (tertiary/aromatic N) is 1. The molecule has 0 spiro atoms. The van der Waals surface area contributed by atoms with Gasteiger partial charge in [0.25, 0.3) is 0 Å². The Labute approximate surface area is 194 Å². The fourth-order valence-corrected chi connectivity index (χ4v) is 4.14. The molecule has 3 rings (SSSR count). The van der Waals surface area contributed by atoms with Gasteiger partial charge in [-0.15, -0.1) is 0 Å². The number of dihydropyridines is 1. The van der Waals surface area contributed by atoms with Crippen LogP contribution in [0.5, 0.6) is 0 Å². The van der Waals surface area contributed by atoms with Crippen LogP contribution in [0.4, 0.5) is 5.69 Å². The molecule has 0 bridgehead atoms. The Balaban J connectivity index is 1.83. The fraction of sp³-hybridized carbons (Fsp3) is 0.174. The second-order valence-electron chi connectivity index (χ2n) is 6.70. The van der Waals surface area contributed by atoms with Gasteiger partial charge in [0.05, 0.1) is 40.2 Å². The van der Waals surface area contributed by atoms with Gasteiger partial charge in [-0.3, -0.25) is 4.79 Å². The van der Waals surface area contributed by atoms with E-state index in [0.29, 0.717) is 27.2 Å². The van der Waals surface area contributed by atoms with Gasteiger partial charge < -0.3 is 19.8 Å². The van der Waals surface area contributed by atoms with Crippen LogP contribution in [0.3, 0.4) is 0 Å². The van der Waals surface area contributed by atoms with Crippen molar-refractivity contribution in [1.29, 1.82) is 5.26 Å². The Morgan fingerprint density at radius 3 is 2.75 bits per heavy atom. The van der Waals surface area contributed by atoms with Gasteiger partial charge in [-0.25, -0.2) is 4.79 Å². The van der Waals surface area contributed by atoms with Crippen LogP contribution in [-0.2, 0) is 14.3 Å². The predicted molar refractivity (Wildman–Crippen MR) is 124 cm³/mol. The van der Waals surface area contributed by atoms with Gasteiger partial charge in [-0.1, -0.05) is 36.0 Å². The predicted octanol–water partition coefficient (Wildman–Crippen LogP) is 4.73. The number of allylic oxidation sites excluding steroid dienone is 2. The van der Waals surface area contributed by atoms with Crippen molar-refractivity contribution in [3.05, 3.63) is 88.0 Å². The first-order valence-electron chi connectivity index (χ1n) is 9.56. The Morgan fingerprint density at radius 2 is 2.12 bits per heavy atom. The SMILES string of the molecule is C=CCOC(=O)C1=C(C)NC(SCC(=O)Nc2ccc(Cl)cc2)=C(C#N)C1c1ccco1. The van der Waals surface area contributed by atoms with Crippen LogP contribution in [0.1, 0.15) is 18.6 Å². The number of nitriles is 1. The molecule has 32 heavy (non-hydrogen) atoms. The number of benzene rings is 1. The van der Waals surface area contributed by atoms with Gasteiger partial charge in [0.15, 0.2) is 0 Å². The van der Waals surface area contributed by atoms with Crippen LogP contribution in [0.2, 0.25) is 5.02 Å². The molecule has 0 fully saturated rings. The van der Waals surface area contributed by atoms with E-state index in [1.165, 1.54) is 12.3 Å². The van der Waals surface area contributed by atoms with E-state index in [9.17, 15) is 14.9 Å². The van der Waals surface area contributed by atoms with Crippen molar-refractivity contribution in [3.8, 4) is 6.07 Å². The smallest absolute Gasteiger partial charge is 0.337 e. The van der Waals surface area contributed by atoms with Crippen molar-refractivity contribution >= 4 is 40.9 Å². The molecule has 9 heteroatoms. The molecule has 1 aliphatic heterocycles. The summed E-state index contributed by atoms with van der Waals surface area (Å²) in [4.78, 5) is 25.1. The molecule has 164 valence electrons. The number of furan rings is 1. The Morgan fingerprint density at radius 1 is 1.38 bits per heavy atom. The highest BCUT2D eigenvalue weighted by molar-refractivity contribution is 8.03. The van der Waals surface area contributed by atoms with Gasteiger partial charge in [-0.2, -0.15) is 5.26 Å². The van der Waals surface area contributed by atoms with E-state index in [4.69, 9.17) is 20.8 Å². The Hall–Kier alpha value is -3.41. The normalized spacial score (nSPS) is 15.6. The molecule has 0 saturated heterocycles. The third-order valence-corrected chi connectivity index (χ3v) is 5.77. The van der Waals surface area contributed by atoms with Gasteiger partial charge in [0.2, 0.25) is 5.91 Å². The molecular formula is C23H20ClN3O4S. The molecule has 2 heterocycles. The number of thioether (sulfide) groups is 1. The van der Waals surface area contributed by atoms with E-state index in [-0.39, 0.29) is 29.4 Å². The zero-order valence-electron chi connectivity index (χ0n) is 17.2.